The lowest BCUT2D eigenvalue weighted by Crippen LogP contribution is -1.79. The molecule has 0 aromatic heterocycles. The molecule has 3 heteroatoms. The average Bonchev–Trinajstić information content (AvgIpc) is 2.53. The fourth-order valence-electron chi connectivity index (χ4n) is 2.15. The van der Waals surface area contributed by atoms with Crippen molar-refractivity contribution in [3.8, 4) is 11.1 Å². The van der Waals surface area contributed by atoms with Gasteiger partial charge in [0.1, 0.15) is 0 Å². The van der Waals surface area contributed by atoms with Crippen LogP contribution in [0, 0.1) is 0 Å². The number of halogens is 2. The van der Waals surface area contributed by atoms with E-state index in [0.29, 0.717) is 0 Å². The molecule has 2 aromatic rings. The minimum absolute atomic E-state index is 0. The molecule has 0 saturated carbocycles. The summed E-state index contributed by atoms with van der Waals surface area (Å²) >= 11 is 7.03. The highest BCUT2D eigenvalue weighted by Crippen LogP contribution is 2.38. The van der Waals surface area contributed by atoms with Crippen molar-refractivity contribution in [3.63, 3.8) is 0 Å². The number of fused-ring (bicyclic) bond motifs is 3. The minimum Gasteiger partial charge on any atom is -0.344 e. The molecule has 16 heavy (non-hydrogen) atoms. The Morgan fingerprint density at radius 1 is 0.750 bits per heavy atom. The third-order valence-corrected chi connectivity index (χ3v) is 3.79. The number of hydrogen-bond donors (Lipinski definition) is 1. The summed E-state index contributed by atoms with van der Waals surface area (Å²) in [5, 5.41) is 0. The lowest BCUT2D eigenvalue weighted by atomic mass is 10.1. The fraction of sp³-hybridized carbons (Fsp3) is 0.0769. The molecule has 1 aliphatic rings. The molecule has 0 aliphatic heterocycles. The van der Waals surface area contributed by atoms with E-state index in [1.54, 1.807) is 0 Å². The van der Waals surface area contributed by atoms with Crippen molar-refractivity contribution >= 4 is 31.9 Å². The van der Waals surface area contributed by atoms with E-state index < -0.39 is 0 Å². The van der Waals surface area contributed by atoms with Crippen molar-refractivity contribution in [2.45, 2.75) is 6.42 Å². The Hall–Kier alpha value is -0.640. The van der Waals surface area contributed by atoms with Gasteiger partial charge in [-0.3, -0.25) is 0 Å². The monoisotopic (exact) mass is 339 g/mol. The molecular formula is C13H11Br2N. The smallest absolute Gasteiger partial charge is 0.0178 e. The lowest BCUT2D eigenvalue weighted by molar-refractivity contribution is 1.25. The molecule has 3 N–H and O–H groups in total. The van der Waals surface area contributed by atoms with Crippen molar-refractivity contribution in [2.24, 2.45) is 0 Å². The average molecular weight is 341 g/mol. The van der Waals surface area contributed by atoms with Crippen LogP contribution in [0.4, 0.5) is 0 Å². The van der Waals surface area contributed by atoms with Crippen molar-refractivity contribution < 1.29 is 0 Å². The molecular weight excluding hydrogens is 330 g/mol. The van der Waals surface area contributed by atoms with Gasteiger partial charge in [0.05, 0.1) is 0 Å². The summed E-state index contributed by atoms with van der Waals surface area (Å²) in [6, 6.07) is 13.0. The number of rotatable bonds is 0. The Morgan fingerprint density at radius 2 is 1.19 bits per heavy atom. The van der Waals surface area contributed by atoms with Crippen LogP contribution in [-0.2, 0) is 6.42 Å². The van der Waals surface area contributed by atoms with Gasteiger partial charge >= 0.3 is 0 Å². The van der Waals surface area contributed by atoms with Crippen LogP contribution in [0.25, 0.3) is 11.1 Å². The van der Waals surface area contributed by atoms with E-state index in [4.69, 9.17) is 0 Å². The Morgan fingerprint density at radius 3 is 1.62 bits per heavy atom. The first-order valence-electron chi connectivity index (χ1n) is 4.81. The molecule has 0 saturated heterocycles. The van der Waals surface area contributed by atoms with Gasteiger partial charge in [-0.05, 0) is 52.9 Å². The zero-order valence-electron chi connectivity index (χ0n) is 8.63. The van der Waals surface area contributed by atoms with E-state index >= 15 is 0 Å². The quantitative estimate of drug-likeness (QED) is 0.617. The Bertz CT molecular complexity index is 500. The molecule has 0 spiro atoms. The van der Waals surface area contributed by atoms with Crippen LogP contribution in [0.15, 0.2) is 45.3 Å². The second-order valence-electron chi connectivity index (χ2n) is 3.78. The Kier molecular flexibility index (Phi) is 3.19. The summed E-state index contributed by atoms with van der Waals surface area (Å²) < 4.78 is 2.32. The maximum absolute atomic E-state index is 3.51. The molecule has 0 heterocycles. The van der Waals surface area contributed by atoms with Crippen molar-refractivity contribution in [2.75, 3.05) is 0 Å². The highest BCUT2D eigenvalue weighted by atomic mass is 79.9. The van der Waals surface area contributed by atoms with Gasteiger partial charge in [-0.25, -0.2) is 0 Å². The molecule has 0 radical (unpaired) electrons. The predicted molar refractivity (Wildman–Crippen MR) is 75.1 cm³/mol. The molecule has 0 unspecified atom stereocenters. The van der Waals surface area contributed by atoms with Gasteiger partial charge in [0, 0.05) is 8.95 Å². The highest BCUT2D eigenvalue weighted by Gasteiger charge is 2.18. The van der Waals surface area contributed by atoms with E-state index in [1.165, 1.54) is 22.3 Å². The minimum atomic E-state index is 0. The SMILES string of the molecule is Brc1ccc2c(c1)Cc1cc(Br)ccc1-2.N. The van der Waals surface area contributed by atoms with Gasteiger partial charge in [0.15, 0.2) is 0 Å². The zero-order chi connectivity index (χ0) is 10.4. The van der Waals surface area contributed by atoms with Crippen LogP contribution in [0.3, 0.4) is 0 Å². The second-order valence-corrected chi connectivity index (χ2v) is 5.61. The summed E-state index contributed by atoms with van der Waals surface area (Å²) in [4.78, 5) is 0. The van der Waals surface area contributed by atoms with Crippen LogP contribution < -0.4 is 6.15 Å². The Balaban J connectivity index is 0.000000963. The van der Waals surface area contributed by atoms with Crippen molar-refractivity contribution in [1.82, 2.24) is 6.15 Å². The third kappa shape index (κ3) is 1.83. The molecule has 0 bridgehead atoms. The topological polar surface area (TPSA) is 35.0 Å². The first-order valence-corrected chi connectivity index (χ1v) is 6.40. The molecule has 3 rings (SSSR count). The molecule has 0 fully saturated rings. The number of hydrogen-bond acceptors (Lipinski definition) is 1. The summed E-state index contributed by atoms with van der Waals surface area (Å²) in [7, 11) is 0. The summed E-state index contributed by atoms with van der Waals surface area (Å²) in [5.41, 5.74) is 5.58. The maximum Gasteiger partial charge on any atom is 0.0178 e. The van der Waals surface area contributed by atoms with E-state index in [-0.39, 0.29) is 6.15 Å². The van der Waals surface area contributed by atoms with E-state index in [9.17, 15) is 0 Å². The highest BCUT2D eigenvalue weighted by molar-refractivity contribution is 9.10. The molecule has 2 aromatic carbocycles. The fourth-order valence-corrected chi connectivity index (χ4v) is 2.96. The van der Waals surface area contributed by atoms with Crippen molar-refractivity contribution in [1.29, 1.82) is 0 Å². The maximum atomic E-state index is 3.51. The lowest BCUT2D eigenvalue weighted by Gasteiger charge is -2.00. The second kappa shape index (κ2) is 4.32. The molecule has 82 valence electrons. The summed E-state index contributed by atoms with van der Waals surface area (Å²) in [6.45, 7) is 0. The molecule has 1 aliphatic carbocycles. The first kappa shape index (κ1) is 11.8. The van der Waals surface area contributed by atoms with Crippen LogP contribution in [0.2, 0.25) is 0 Å². The third-order valence-electron chi connectivity index (χ3n) is 2.81. The zero-order valence-corrected chi connectivity index (χ0v) is 11.8. The van der Waals surface area contributed by atoms with Gasteiger partial charge in [0.25, 0.3) is 0 Å². The molecule has 1 nitrogen and oxygen atoms in total. The van der Waals surface area contributed by atoms with E-state index in [1.807, 2.05) is 0 Å². The summed E-state index contributed by atoms with van der Waals surface area (Å²) in [5.74, 6) is 0. The van der Waals surface area contributed by atoms with Crippen LogP contribution in [-0.4, -0.2) is 0 Å². The van der Waals surface area contributed by atoms with E-state index in [0.717, 1.165) is 15.4 Å². The van der Waals surface area contributed by atoms with Crippen LogP contribution >= 0.6 is 31.9 Å². The van der Waals surface area contributed by atoms with E-state index in [2.05, 4.69) is 68.3 Å². The van der Waals surface area contributed by atoms with Gasteiger partial charge in [-0.2, -0.15) is 0 Å². The molecule has 0 atom stereocenters. The summed E-state index contributed by atoms with van der Waals surface area (Å²) in [6.07, 6.45) is 1.05. The Labute approximate surface area is 112 Å². The largest absolute Gasteiger partial charge is 0.344 e. The first-order chi connectivity index (χ1) is 7.24. The molecule has 0 amide bonds. The van der Waals surface area contributed by atoms with Crippen molar-refractivity contribution in [3.05, 3.63) is 56.5 Å². The van der Waals surface area contributed by atoms with Crippen LogP contribution in [0.1, 0.15) is 11.1 Å². The van der Waals surface area contributed by atoms with Gasteiger partial charge in [0.2, 0.25) is 0 Å². The van der Waals surface area contributed by atoms with Gasteiger partial charge in [-0.1, -0.05) is 44.0 Å². The van der Waals surface area contributed by atoms with Crippen LogP contribution in [0.5, 0.6) is 0 Å². The predicted octanol–water partition coefficient (Wildman–Crippen LogP) is 4.94. The van der Waals surface area contributed by atoms with Gasteiger partial charge in [-0.15, -0.1) is 0 Å². The van der Waals surface area contributed by atoms with Gasteiger partial charge < -0.3 is 6.15 Å². The standard InChI is InChI=1S/C13H8Br2.H3N/c14-10-1-3-12-8(6-10)5-9-7-11(15)2-4-13(9)12;/h1-4,6-7H,5H2;1H3. The normalized spacial score (nSPS) is 11.6. The number of benzene rings is 2.